The molecule has 0 aromatic heterocycles. The molecule has 0 aromatic rings. The molecule has 0 saturated carbocycles. The molecule has 0 aliphatic rings. The average molecular weight is 182 g/mol. The fourth-order valence-electron chi connectivity index (χ4n) is 0.595. The minimum Gasteiger partial charge on any atom is -0.291 e. The predicted octanol–water partition coefficient (Wildman–Crippen LogP) is 2.63. The van der Waals surface area contributed by atoms with E-state index in [1.54, 1.807) is 0 Å². The van der Waals surface area contributed by atoms with Crippen molar-refractivity contribution < 1.29 is 4.79 Å². The Morgan fingerprint density at radius 1 is 1.33 bits per heavy atom. The first-order valence-electron chi connectivity index (χ1n) is 4.51. The highest BCUT2D eigenvalue weighted by Gasteiger charge is 2.21. The summed E-state index contributed by atoms with van der Waals surface area (Å²) in [6, 6.07) is 0. The summed E-state index contributed by atoms with van der Waals surface area (Å²) in [6.07, 6.45) is 3.12. The van der Waals surface area contributed by atoms with Crippen molar-refractivity contribution >= 4 is 13.5 Å². The van der Waals surface area contributed by atoms with E-state index in [9.17, 15) is 4.79 Å². The van der Waals surface area contributed by atoms with Crippen LogP contribution < -0.4 is 0 Å². The largest absolute Gasteiger partial charge is 0.291 e. The van der Waals surface area contributed by atoms with Crippen molar-refractivity contribution in [3.63, 3.8) is 0 Å². The molecule has 0 atom stereocenters. The van der Waals surface area contributed by atoms with Crippen LogP contribution in [-0.2, 0) is 4.79 Å². The first kappa shape index (κ1) is 11.4. The van der Waals surface area contributed by atoms with Crippen molar-refractivity contribution in [3.05, 3.63) is 0 Å². The monoisotopic (exact) mass is 182 g/mol. The van der Waals surface area contributed by atoms with Gasteiger partial charge in [-0.3, -0.25) is 4.79 Å². The lowest BCUT2D eigenvalue weighted by atomic mass is 10.2. The zero-order chi connectivity index (χ0) is 9.61. The molecule has 0 rings (SSSR count). The van der Waals surface area contributed by atoms with Crippen molar-refractivity contribution in [2.45, 2.75) is 45.8 Å². The first-order valence-corrected chi connectivity index (χ1v) is 8.01. The van der Waals surface area contributed by atoms with Crippen LogP contribution in [0, 0.1) is 11.8 Å². The van der Waals surface area contributed by atoms with Gasteiger partial charge in [-0.15, -0.1) is 0 Å². The number of hydrogen-bond donors (Lipinski definition) is 0. The molecule has 2 heteroatoms. The Bertz CT molecular complexity index is 202. The molecule has 0 unspecified atom stereocenters. The molecule has 0 bridgehead atoms. The van der Waals surface area contributed by atoms with Crippen LogP contribution in [0.25, 0.3) is 0 Å². The lowest BCUT2D eigenvalue weighted by molar-refractivity contribution is -0.107. The highest BCUT2D eigenvalue weighted by Crippen LogP contribution is 2.00. The molecule has 0 heterocycles. The van der Waals surface area contributed by atoms with Crippen molar-refractivity contribution in [2.75, 3.05) is 0 Å². The second kappa shape index (κ2) is 5.16. The van der Waals surface area contributed by atoms with E-state index in [4.69, 9.17) is 0 Å². The molecule has 0 saturated heterocycles. The standard InChI is InChI=1S/C10H18OSi/c1-5-6-7-8-9-10(11)12(2,3)4/h5-7H2,1-4H3. The predicted molar refractivity (Wildman–Crippen MR) is 55.7 cm³/mol. The third-order valence-corrected chi connectivity index (χ3v) is 3.03. The van der Waals surface area contributed by atoms with Gasteiger partial charge < -0.3 is 0 Å². The summed E-state index contributed by atoms with van der Waals surface area (Å²) in [6.45, 7) is 8.22. The Hall–Kier alpha value is -0.553. The van der Waals surface area contributed by atoms with E-state index in [0.717, 1.165) is 19.3 Å². The fourth-order valence-corrected chi connectivity index (χ4v) is 1.06. The highest BCUT2D eigenvalue weighted by molar-refractivity contribution is 7.05. The van der Waals surface area contributed by atoms with Crippen molar-refractivity contribution in [2.24, 2.45) is 0 Å². The maximum absolute atomic E-state index is 11.3. The summed E-state index contributed by atoms with van der Waals surface area (Å²) in [5, 5.41) is 0.179. The van der Waals surface area contributed by atoms with Gasteiger partial charge in [-0.2, -0.15) is 0 Å². The lowest BCUT2D eigenvalue weighted by Crippen LogP contribution is -2.31. The van der Waals surface area contributed by atoms with Gasteiger partial charge in [0.05, 0.1) is 0 Å². The van der Waals surface area contributed by atoms with Gasteiger partial charge in [-0.05, 0) is 12.3 Å². The third kappa shape index (κ3) is 5.14. The van der Waals surface area contributed by atoms with Crippen LogP contribution in [0.1, 0.15) is 26.2 Å². The van der Waals surface area contributed by atoms with Crippen LogP contribution >= 0.6 is 0 Å². The summed E-state index contributed by atoms with van der Waals surface area (Å²) in [5.41, 5.74) is 0. The van der Waals surface area contributed by atoms with Gasteiger partial charge in [-0.25, -0.2) is 0 Å². The Morgan fingerprint density at radius 3 is 2.33 bits per heavy atom. The first-order chi connectivity index (χ1) is 5.48. The highest BCUT2D eigenvalue weighted by atomic mass is 28.3. The van der Waals surface area contributed by atoms with Gasteiger partial charge in [0.15, 0.2) is 5.41 Å². The van der Waals surface area contributed by atoms with Crippen LogP contribution in [0.15, 0.2) is 0 Å². The molecule has 0 radical (unpaired) electrons. The maximum atomic E-state index is 11.3. The van der Waals surface area contributed by atoms with Gasteiger partial charge in [0, 0.05) is 6.42 Å². The number of unbranched alkanes of at least 4 members (excludes halogenated alkanes) is 2. The topological polar surface area (TPSA) is 17.1 Å². The molecule has 12 heavy (non-hydrogen) atoms. The molecule has 0 fully saturated rings. The molecule has 0 aromatic carbocycles. The summed E-state index contributed by atoms with van der Waals surface area (Å²) < 4.78 is 0. The number of hydrogen-bond acceptors (Lipinski definition) is 1. The van der Waals surface area contributed by atoms with Gasteiger partial charge in [0.2, 0.25) is 0 Å². The average Bonchev–Trinajstić information content (AvgIpc) is 1.96. The minimum atomic E-state index is -1.63. The van der Waals surface area contributed by atoms with Crippen molar-refractivity contribution in [3.8, 4) is 11.8 Å². The second-order valence-corrected chi connectivity index (χ2v) is 8.94. The van der Waals surface area contributed by atoms with Gasteiger partial charge in [0.1, 0.15) is 8.07 Å². The van der Waals surface area contributed by atoms with Crippen LogP contribution in [-0.4, -0.2) is 13.5 Å². The van der Waals surface area contributed by atoms with E-state index in [2.05, 4.69) is 18.8 Å². The molecular formula is C10H18OSi. The lowest BCUT2D eigenvalue weighted by Gasteiger charge is -2.07. The molecule has 68 valence electrons. The number of carbonyl (C=O) groups is 1. The van der Waals surface area contributed by atoms with Gasteiger partial charge >= 0.3 is 0 Å². The fraction of sp³-hybridized carbons (Fsp3) is 0.700. The molecule has 1 nitrogen and oxygen atoms in total. The maximum Gasteiger partial charge on any atom is 0.180 e. The molecule has 0 aliphatic carbocycles. The van der Waals surface area contributed by atoms with E-state index in [1.165, 1.54) is 0 Å². The molecular weight excluding hydrogens is 164 g/mol. The quantitative estimate of drug-likeness (QED) is 0.372. The minimum absolute atomic E-state index is 0.179. The number of rotatable bonds is 3. The summed E-state index contributed by atoms with van der Waals surface area (Å²) >= 11 is 0. The SMILES string of the molecule is CCCCC#CC(=O)[Si](C)(C)C. The molecule has 0 amide bonds. The Labute approximate surface area is 76.6 Å². The van der Waals surface area contributed by atoms with Crippen molar-refractivity contribution in [1.29, 1.82) is 0 Å². The van der Waals surface area contributed by atoms with E-state index >= 15 is 0 Å². The normalized spacial score (nSPS) is 10.3. The smallest absolute Gasteiger partial charge is 0.180 e. The third-order valence-electron chi connectivity index (χ3n) is 1.54. The van der Waals surface area contributed by atoms with Crippen LogP contribution in [0.5, 0.6) is 0 Å². The van der Waals surface area contributed by atoms with Gasteiger partial charge in [0.25, 0.3) is 0 Å². The second-order valence-electron chi connectivity index (χ2n) is 3.98. The summed E-state index contributed by atoms with van der Waals surface area (Å²) in [7, 11) is -1.63. The summed E-state index contributed by atoms with van der Waals surface area (Å²) in [4.78, 5) is 11.3. The Balaban J connectivity index is 3.89. The molecule has 0 N–H and O–H groups in total. The van der Waals surface area contributed by atoms with E-state index in [-0.39, 0.29) is 5.41 Å². The Kier molecular flexibility index (Phi) is 4.92. The van der Waals surface area contributed by atoms with E-state index in [0.29, 0.717) is 0 Å². The van der Waals surface area contributed by atoms with Crippen LogP contribution in [0.2, 0.25) is 19.6 Å². The Morgan fingerprint density at radius 2 is 1.92 bits per heavy atom. The van der Waals surface area contributed by atoms with Crippen LogP contribution in [0.4, 0.5) is 0 Å². The molecule has 0 spiro atoms. The van der Waals surface area contributed by atoms with Crippen molar-refractivity contribution in [1.82, 2.24) is 0 Å². The van der Waals surface area contributed by atoms with Gasteiger partial charge in [-0.1, -0.05) is 38.9 Å². The zero-order valence-corrected chi connectivity index (χ0v) is 9.53. The number of carbonyl (C=O) groups excluding carboxylic acids is 1. The van der Waals surface area contributed by atoms with E-state index < -0.39 is 8.07 Å². The zero-order valence-electron chi connectivity index (χ0n) is 8.53. The summed E-state index contributed by atoms with van der Waals surface area (Å²) in [5.74, 6) is 5.66. The van der Waals surface area contributed by atoms with Crippen LogP contribution in [0.3, 0.4) is 0 Å². The van der Waals surface area contributed by atoms with E-state index in [1.807, 2.05) is 19.6 Å². The molecule has 0 aliphatic heterocycles.